The summed E-state index contributed by atoms with van der Waals surface area (Å²) >= 11 is 0. The Bertz CT molecular complexity index is 1360. The summed E-state index contributed by atoms with van der Waals surface area (Å²) in [6.07, 6.45) is 0.749. The van der Waals surface area contributed by atoms with E-state index < -0.39 is 75.2 Å². The number of esters is 1. The molecule has 3 aromatic carbocycles. The van der Waals surface area contributed by atoms with Crippen molar-refractivity contribution >= 4 is 5.97 Å². The molecule has 0 radical (unpaired) electrons. The lowest BCUT2D eigenvalue weighted by molar-refractivity contribution is -0.206. The second-order valence-electron chi connectivity index (χ2n) is 8.59. The molecule has 5 nitrogen and oxygen atoms in total. The van der Waals surface area contributed by atoms with Crippen molar-refractivity contribution < 1.29 is 45.3 Å². The Kier molecular flexibility index (Phi) is 8.04. The van der Waals surface area contributed by atoms with E-state index in [2.05, 4.69) is 0 Å². The Balaban J connectivity index is 1.55. The van der Waals surface area contributed by atoms with Crippen molar-refractivity contribution in [2.75, 3.05) is 13.2 Å². The molecule has 0 atom stereocenters. The molecule has 0 unspecified atom stereocenters. The highest BCUT2D eigenvalue weighted by atomic mass is 19.2. The second kappa shape index (κ2) is 11.2. The third-order valence-corrected chi connectivity index (χ3v) is 5.87. The lowest BCUT2D eigenvalue weighted by atomic mass is 10.0. The molecule has 0 N–H and O–H groups in total. The average molecular weight is 535 g/mol. The van der Waals surface area contributed by atoms with E-state index in [1.807, 2.05) is 6.92 Å². The van der Waals surface area contributed by atoms with Gasteiger partial charge >= 0.3 is 5.97 Å². The molecule has 38 heavy (non-hydrogen) atoms. The van der Waals surface area contributed by atoms with Crippen LogP contribution >= 0.6 is 0 Å². The summed E-state index contributed by atoms with van der Waals surface area (Å²) in [4.78, 5) is 12.5. The summed E-state index contributed by atoms with van der Waals surface area (Å²) in [6, 6.07) is 5.09. The third kappa shape index (κ3) is 5.51. The Labute approximate surface area is 213 Å². The van der Waals surface area contributed by atoms with Gasteiger partial charge in [-0.1, -0.05) is 13.3 Å². The molecule has 1 aliphatic rings. The highest BCUT2D eigenvalue weighted by Gasteiger charge is 2.28. The fourth-order valence-electron chi connectivity index (χ4n) is 4.10. The lowest BCUT2D eigenvalue weighted by Gasteiger charge is -2.29. The number of ether oxygens (including phenoxy) is 3. The summed E-state index contributed by atoms with van der Waals surface area (Å²) in [6.45, 7) is 2.67. The Morgan fingerprint density at radius 3 is 1.95 bits per heavy atom. The monoisotopic (exact) mass is 535 g/mol. The average Bonchev–Trinajstić information content (AvgIpc) is 2.83. The van der Waals surface area contributed by atoms with E-state index in [0.29, 0.717) is 37.5 Å². The minimum Gasteiger partial charge on any atom is -0.423 e. The molecule has 1 saturated heterocycles. The Morgan fingerprint density at radius 2 is 1.45 bits per heavy atom. The van der Waals surface area contributed by atoms with E-state index in [1.165, 1.54) is 6.07 Å². The largest absolute Gasteiger partial charge is 0.423 e. The maximum Gasteiger partial charge on any atom is 0.349 e. The van der Waals surface area contributed by atoms with E-state index in [1.54, 1.807) is 0 Å². The molecule has 0 amide bonds. The van der Waals surface area contributed by atoms with Crippen molar-refractivity contribution in [3.8, 4) is 22.9 Å². The first-order valence-electron chi connectivity index (χ1n) is 11.5. The van der Waals surface area contributed by atoms with Crippen molar-refractivity contribution in [2.45, 2.75) is 26.1 Å². The number of hydrogen-bond acceptors (Lipinski definition) is 5. The number of halogens is 6. The van der Waals surface area contributed by atoms with Gasteiger partial charge in [-0.05, 0) is 36.2 Å². The predicted molar refractivity (Wildman–Crippen MR) is 121 cm³/mol. The number of rotatable bonds is 6. The number of hydrogen-bond donors (Lipinski definition) is 0. The SMILES string of the molecule is CCCC1COC(c2cc(F)c(C(=O)Oc3cc(F)c(-c4cc(F)c(C#N)c(F)c4)c(F)c3)c(F)c2)OC1. The highest BCUT2D eigenvalue weighted by molar-refractivity contribution is 5.91. The number of carbonyl (C=O) groups excluding carboxylic acids is 1. The van der Waals surface area contributed by atoms with Crippen LogP contribution < -0.4 is 4.74 Å². The van der Waals surface area contributed by atoms with E-state index in [4.69, 9.17) is 19.5 Å². The zero-order valence-corrected chi connectivity index (χ0v) is 19.8. The van der Waals surface area contributed by atoms with Gasteiger partial charge in [-0.2, -0.15) is 5.26 Å². The standard InChI is InChI=1S/C27H19F6NO4/c1-2-3-13-11-36-27(37-12-13)15-6-20(30)25(21(31)7-15)26(35)38-16-8-22(32)24(23(33)9-16)14-4-18(28)17(10-34)19(29)5-14/h4-9,13,27H,2-3,11-12H2,1H3. The molecule has 3 aromatic rings. The molecule has 0 aliphatic carbocycles. The molecule has 11 heteroatoms. The van der Waals surface area contributed by atoms with Gasteiger partial charge < -0.3 is 14.2 Å². The van der Waals surface area contributed by atoms with Crippen LogP contribution in [-0.4, -0.2) is 19.2 Å². The molecule has 4 rings (SSSR count). The first-order chi connectivity index (χ1) is 18.1. The smallest absolute Gasteiger partial charge is 0.349 e. The molecular formula is C27H19F6NO4. The van der Waals surface area contributed by atoms with Gasteiger partial charge in [-0.3, -0.25) is 0 Å². The summed E-state index contributed by atoms with van der Waals surface area (Å²) < 4.78 is 102. The normalized spacial score (nSPS) is 17.2. The molecule has 1 heterocycles. The minimum atomic E-state index is -1.58. The fourth-order valence-corrected chi connectivity index (χ4v) is 4.10. The first kappa shape index (κ1) is 27.2. The van der Waals surface area contributed by atoms with Gasteiger partial charge in [0.2, 0.25) is 0 Å². The summed E-state index contributed by atoms with van der Waals surface area (Å²) in [7, 11) is 0. The van der Waals surface area contributed by atoms with Crippen LogP contribution in [0.15, 0.2) is 36.4 Å². The quantitative estimate of drug-likeness (QED) is 0.199. The van der Waals surface area contributed by atoms with Crippen LogP contribution in [0.3, 0.4) is 0 Å². The molecule has 0 aromatic heterocycles. The summed E-state index contributed by atoms with van der Waals surface area (Å²) in [5, 5.41) is 8.74. The van der Waals surface area contributed by atoms with Crippen LogP contribution in [0, 0.1) is 52.2 Å². The van der Waals surface area contributed by atoms with Gasteiger partial charge in [-0.15, -0.1) is 0 Å². The van der Waals surface area contributed by atoms with Gasteiger partial charge in [0.15, 0.2) is 6.29 Å². The molecule has 0 spiro atoms. The Morgan fingerprint density at radius 1 is 0.895 bits per heavy atom. The fraction of sp³-hybridized carbons (Fsp3) is 0.259. The van der Waals surface area contributed by atoms with E-state index in [-0.39, 0.29) is 11.5 Å². The molecule has 1 fully saturated rings. The van der Waals surface area contributed by atoms with Gasteiger partial charge in [0.25, 0.3) is 0 Å². The van der Waals surface area contributed by atoms with E-state index >= 15 is 0 Å². The minimum absolute atomic E-state index is 0.00480. The number of nitriles is 1. The highest BCUT2D eigenvalue weighted by Crippen LogP contribution is 2.33. The van der Waals surface area contributed by atoms with Crippen LogP contribution in [-0.2, 0) is 9.47 Å². The van der Waals surface area contributed by atoms with E-state index in [0.717, 1.165) is 25.0 Å². The predicted octanol–water partition coefficient (Wildman–Crippen LogP) is 6.74. The van der Waals surface area contributed by atoms with Gasteiger partial charge in [-0.25, -0.2) is 31.1 Å². The number of carbonyl (C=O) groups is 1. The van der Waals surface area contributed by atoms with Crippen molar-refractivity contribution in [2.24, 2.45) is 5.92 Å². The third-order valence-electron chi connectivity index (χ3n) is 5.87. The maximum absolute atomic E-state index is 14.7. The maximum atomic E-state index is 14.7. The molecule has 0 saturated carbocycles. The van der Waals surface area contributed by atoms with Crippen molar-refractivity contribution in [3.05, 3.63) is 88.0 Å². The van der Waals surface area contributed by atoms with Crippen LogP contribution in [0.25, 0.3) is 11.1 Å². The van der Waals surface area contributed by atoms with Crippen LogP contribution in [0.2, 0.25) is 0 Å². The lowest BCUT2D eigenvalue weighted by Crippen LogP contribution is -2.27. The van der Waals surface area contributed by atoms with Crippen LogP contribution in [0.1, 0.15) is 47.5 Å². The number of nitrogens with zero attached hydrogens (tertiary/aromatic N) is 1. The second-order valence-corrected chi connectivity index (χ2v) is 8.59. The summed E-state index contributed by atoms with van der Waals surface area (Å²) in [5.74, 6) is -10.3. The Hall–Kier alpha value is -3.88. The zero-order valence-electron chi connectivity index (χ0n) is 19.8. The molecule has 198 valence electrons. The number of benzene rings is 3. The molecule has 0 bridgehead atoms. The molecule has 1 aliphatic heterocycles. The van der Waals surface area contributed by atoms with Gasteiger partial charge in [0.05, 0.1) is 18.8 Å². The van der Waals surface area contributed by atoms with Crippen molar-refractivity contribution in [1.82, 2.24) is 0 Å². The first-order valence-corrected chi connectivity index (χ1v) is 11.5. The van der Waals surface area contributed by atoms with Crippen LogP contribution in [0.4, 0.5) is 26.3 Å². The van der Waals surface area contributed by atoms with Crippen LogP contribution in [0.5, 0.6) is 5.75 Å². The topological polar surface area (TPSA) is 68.5 Å². The van der Waals surface area contributed by atoms with Crippen molar-refractivity contribution in [1.29, 1.82) is 5.26 Å². The van der Waals surface area contributed by atoms with E-state index in [9.17, 15) is 31.1 Å². The zero-order chi connectivity index (χ0) is 27.6. The van der Waals surface area contributed by atoms with Gasteiger partial charge in [0, 0.05) is 23.6 Å². The van der Waals surface area contributed by atoms with Crippen molar-refractivity contribution in [3.63, 3.8) is 0 Å². The van der Waals surface area contributed by atoms with Gasteiger partial charge in [0.1, 0.15) is 57.8 Å². The molecular weight excluding hydrogens is 516 g/mol. The summed E-state index contributed by atoms with van der Waals surface area (Å²) in [5.41, 5.74) is -3.49.